The summed E-state index contributed by atoms with van der Waals surface area (Å²) in [6.07, 6.45) is 1.63. The van der Waals surface area contributed by atoms with Crippen LogP contribution in [0.15, 0.2) is 30.3 Å². The molecule has 0 bridgehead atoms. The van der Waals surface area contributed by atoms with E-state index in [1.165, 1.54) is 5.56 Å². The molecule has 82 valence electrons. The van der Waals surface area contributed by atoms with Crippen molar-refractivity contribution in [3.8, 4) is 0 Å². The van der Waals surface area contributed by atoms with Gasteiger partial charge >= 0.3 is 0 Å². The zero-order valence-corrected chi connectivity index (χ0v) is 9.07. The highest BCUT2D eigenvalue weighted by atomic mass is 16.1. The Morgan fingerprint density at radius 3 is 2.60 bits per heavy atom. The van der Waals surface area contributed by atoms with Crippen LogP contribution in [0.1, 0.15) is 18.9 Å². The van der Waals surface area contributed by atoms with Gasteiger partial charge in [0, 0.05) is 0 Å². The quantitative estimate of drug-likeness (QED) is 0.732. The van der Waals surface area contributed by atoms with Crippen molar-refractivity contribution in [1.82, 2.24) is 5.32 Å². The number of benzene rings is 1. The third kappa shape index (κ3) is 4.13. The van der Waals surface area contributed by atoms with Gasteiger partial charge in [-0.05, 0) is 24.9 Å². The number of nitrogens with two attached hydrogens (primary N) is 1. The lowest BCUT2D eigenvalue weighted by molar-refractivity contribution is -0.120. The maximum atomic E-state index is 11.1. The highest BCUT2D eigenvalue weighted by molar-refractivity contribution is 5.79. The van der Waals surface area contributed by atoms with Crippen molar-refractivity contribution in [2.75, 3.05) is 6.54 Å². The summed E-state index contributed by atoms with van der Waals surface area (Å²) in [7, 11) is 0. The van der Waals surface area contributed by atoms with E-state index in [-0.39, 0.29) is 11.9 Å². The smallest absolute Gasteiger partial charge is 0.234 e. The molecule has 1 aromatic carbocycles. The molecule has 0 saturated carbocycles. The summed E-state index contributed by atoms with van der Waals surface area (Å²) in [6.45, 7) is 2.74. The predicted molar refractivity (Wildman–Crippen MR) is 61.4 cm³/mol. The third-order valence-corrected chi connectivity index (χ3v) is 2.36. The second kappa shape index (κ2) is 6.19. The highest BCUT2D eigenvalue weighted by Crippen LogP contribution is 2.04. The predicted octanol–water partition coefficient (Wildman–Crippen LogP) is 1.08. The maximum Gasteiger partial charge on any atom is 0.234 e. The summed E-state index contributed by atoms with van der Waals surface area (Å²) in [4.78, 5) is 11.1. The first kappa shape index (κ1) is 11.7. The minimum atomic E-state index is -0.271. The van der Waals surface area contributed by atoms with Crippen LogP contribution in [-0.4, -0.2) is 18.5 Å². The monoisotopic (exact) mass is 206 g/mol. The fraction of sp³-hybridized carbons (Fsp3) is 0.417. The number of hydrogen-bond acceptors (Lipinski definition) is 2. The minimum Gasteiger partial charge on any atom is -0.368 e. The van der Waals surface area contributed by atoms with Crippen LogP contribution in [0.25, 0.3) is 0 Å². The molecule has 0 fully saturated rings. The zero-order chi connectivity index (χ0) is 11.1. The summed E-state index contributed by atoms with van der Waals surface area (Å²) < 4.78 is 0. The molecule has 0 radical (unpaired) electrons. The molecule has 1 aromatic rings. The van der Waals surface area contributed by atoms with E-state index in [0.717, 1.165) is 19.4 Å². The largest absolute Gasteiger partial charge is 0.368 e. The van der Waals surface area contributed by atoms with Crippen molar-refractivity contribution in [3.63, 3.8) is 0 Å². The molecule has 15 heavy (non-hydrogen) atoms. The number of rotatable bonds is 6. The van der Waals surface area contributed by atoms with E-state index in [9.17, 15) is 4.79 Å². The highest BCUT2D eigenvalue weighted by Gasteiger charge is 2.12. The first-order valence-electron chi connectivity index (χ1n) is 5.30. The summed E-state index contributed by atoms with van der Waals surface area (Å²) >= 11 is 0. The molecule has 0 aromatic heterocycles. The number of carbonyl (C=O) groups excluding carboxylic acids is 1. The molecular weight excluding hydrogens is 188 g/mol. The van der Waals surface area contributed by atoms with Crippen LogP contribution in [0.5, 0.6) is 0 Å². The van der Waals surface area contributed by atoms with Crippen LogP contribution in [0.2, 0.25) is 0 Å². The molecule has 0 heterocycles. The molecule has 0 saturated heterocycles. The maximum absolute atomic E-state index is 11.1. The molecule has 0 aliphatic rings. The van der Waals surface area contributed by atoms with E-state index in [0.29, 0.717) is 0 Å². The van der Waals surface area contributed by atoms with Gasteiger partial charge in [-0.25, -0.2) is 0 Å². The van der Waals surface area contributed by atoms with E-state index in [1.807, 2.05) is 25.1 Å². The lowest BCUT2D eigenvalue weighted by atomic mass is 10.1. The van der Waals surface area contributed by atoms with Crippen LogP contribution in [0, 0.1) is 0 Å². The lowest BCUT2D eigenvalue weighted by Gasteiger charge is -2.13. The molecule has 3 nitrogen and oxygen atoms in total. The zero-order valence-electron chi connectivity index (χ0n) is 9.07. The molecule has 0 spiro atoms. The van der Waals surface area contributed by atoms with Gasteiger partial charge in [0.2, 0.25) is 5.91 Å². The van der Waals surface area contributed by atoms with Gasteiger partial charge in [-0.2, -0.15) is 0 Å². The van der Waals surface area contributed by atoms with Gasteiger partial charge in [0.25, 0.3) is 0 Å². The summed E-state index contributed by atoms with van der Waals surface area (Å²) in [5.74, 6) is -0.271. The molecule has 3 N–H and O–H groups in total. The Labute approximate surface area is 90.7 Å². The van der Waals surface area contributed by atoms with Gasteiger partial charge in [0.05, 0.1) is 6.04 Å². The van der Waals surface area contributed by atoms with Crippen LogP contribution >= 0.6 is 0 Å². The summed E-state index contributed by atoms with van der Waals surface area (Å²) in [6, 6.07) is 9.90. The van der Waals surface area contributed by atoms with Gasteiger partial charge in [-0.15, -0.1) is 0 Å². The first-order valence-corrected chi connectivity index (χ1v) is 5.30. The summed E-state index contributed by atoms with van der Waals surface area (Å²) in [5, 5.41) is 3.08. The van der Waals surface area contributed by atoms with Crippen LogP contribution in [0.4, 0.5) is 0 Å². The second-order valence-electron chi connectivity index (χ2n) is 3.54. The SMILES string of the molecule is CCNC(CCc1ccccc1)C(N)=O. The van der Waals surface area contributed by atoms with Crippen LogP contribution in [-0.2, 0) is 11.2 Å². The average molecular weight is 206 g/mol. The Morgan fingerprint density at radius 2 is 2.07 bits per heavy atom. The molecule has 1 rings (SSSR count). The van der Waals surface area contributed by atoms with Gasteiger partial charge < -0.3 is 11.1 Å². The lowest BCUT2D eigenvalue weighted by Crippen LogP contribution is -2.41. The molecule has 1 amide bonds. The fourth-order valence-electron chi connectivity index (χ4n) is 1.55. The number of aryl methyl sites for hydroxylation is 1. The number of nitrogens with one attached hydrogen (secondary N) is 1. The first-order chi connectivity index (χ1) is 7.24. The summed E-state index contributed by atoms with van der Waals surface area (Å²) in [5.41, 5.74) is 6.52. The molecule has 3 heteroatoms. The number of hydrogen-bond donors (Lipinski definition) is 2. The van der Waals surface area contributed by atoms with E-state index in [2.05, 4.69) is 17.4 Å². The van der Waals surface area contributed by atoms with E-state index in [1.54, 1.807) is 0 Å². The Hall–Kier alpha value is -1.35. The Balaban J connectivity index is 2.43. The van der Waals surface area contributed by atoms with Crippen molar-refractivity contribution >= 4 is 5.91 Å². The number of primary amides is 1. The average Bonchev–Trinajstić information content (AvgIpc) is 2.25. The van der Waals surface area contributed by atoms with Crippen molar-refractivity contribution in [1.29, 1.82) is 0 Å². The second-order valence-corrected chi connectivity index (χ2v) is 3.54. The van der Waals surface area contributed by atoms with Gasteiger partial charge in [-0.3, -0.25) is 4.79 Å². The van der Waals surface area contributed by atoms with E-state index in [4.69, 9.17) is 5.73 Å². The molecule has 1 atom stereocenters. The van der Waals surface area contributed by atoms with Crippen molar-refractivity contribution in [2.45, 2.75) is 25.8 Å². The van der Waals surface area contributed by atoms with Gasteiger partial charge in [0.15, 0.2) is 0 Å². The standard InChI is InChI=1S/C12H18N2O/c1-2-14-11(12(13)15)9-8-10-6-4-3-5-7-10/h3-7,11,14H,2,8-9H2,1H3,(H2,13,15). The normalized spacial score (nSPS) is 12.3. The number of carbonyl (C=O) groups is 1. The Bertz CT molecular complexity index is 298. The van der Waals surface area contributed by atoms with Crippen molar-refractivity contribution < 1.29 is 4.79 Å². The van der Waals surface area contributed by atoms with Gasteiger partial charge in [-0.1, -0.05) is 37.3 Å². The Kier molecular flexibility index (Phi) is 4.84. The molecular formula is C12H18N2O. The molecule has 1 unspecified atom stereocenters. The van der Waals surface area contributed by atoms with Crippen LogP contribution in [0.3, 0.4) is 0 Å². The van der Waals surface area contributed by atoms with E-state index < -0.39 is 0 Å². The number of likely N-dealkylation sites (N-methyl/N-ethyl adjacent to an activating group) is 1. The molecule has 0 aliphatic carbocycles. The van der Waals surface area contributed by atoms with Crippen molar-refractivity contribution in [2.24, 2.45) is 5.73 Å². The van der Waals surface area contributed by atoms with Gasteiger partial charge in [0.1, 0.15) is 0 Å². The van der Waals surface area contributed by atoms with Crippen LogP contribution < -0.4 is 11.1 Å². The number of amides is 1. The third-order valence-electron chi connectivity index (χ3n) is 2.36. The fourth-order valence-corrected chi connectivity index (χ4v) is 1.55. The van der Waals surface area contributed by atoms with Crippen molar-refractivity contribution in [3.05, 3.63) is 35.9 Å². The minimum absolute atomic E-state index is 0.213. The molecule has 0 aliphatic heterocycles. The van der Waals surface area contributed by atoms with E-state index >= 15 is 0 Å². The topological polar surface area (TPSA) is 55.1 Å². The Morgan fingerprint density at radius 1 is 1.40 bits per heavy atom.